The van der Waals surface area contributed by atoms with Crippen molar-refractivity contribution in [1.82, 2.24) is 10.5 Å². The van der Waals surface area contributed by atoms with Gasteiger partial charge in [0.25, 0.3) is 5.91 Å². The van der Waals surface area contributed by atoms with E-state index in [4.69, 9.17) is 16.1 Å². The van der Waals surface area contributed by atoms with E-state index in [-0.39, 0.29) is 28.4 Å². The molecule has 0 bridgehead atoms. The van der Waals surface area contributed by atoms with Gasteiger partial charge in [0.1, 0.15) is 5.76 Å². The molecule has 1 aromatic heterocycles. The maximum absolute atomic E-state index is 12.4. The fraction of sp³-hybridized carbons (Fsp3) is 0.312. The molecule has 2 aromatic rings. The van der Waals surface area contributed by atoms with Gasteiger partial charge < -0.3 is 9.84 Å². The van der Waals surface area contributed by atoms with Crippen molar-refractivity contribution in [2.24, 2.45) is 0 Å². The van der Waals surface area contributed by atoms with Crippen molar-refractivity contribution >= 4 is 39.1 Å². The Labute approximate surface area is 155 Å². The lowest BCUT2D eigenvalue weighted by Crippen LogP contribution is -2.30. The van der Waals surface area contributed by atoms with E-state index in [0.717, 1.165) is 4.31 Å². The number of hydrogen-bond donors (Lipinski definition) is 1. The van der Waals surface area contributed by atoms with Gasteiger partial charge in [0.05, 0.1) is 27.7 Å². The van der Waals surface area contributed by atoms with E-state index in [1.165, 1.54) is 18.2 Å². The first-order chi connectivity index (χ1) is 12.3. The van der Waals surface area contributed by atoms with Gasteiger partial charge in [0.2, 0.25) is 15.9 Å². The van der Waals surface area contributed by atoms with Gasteiger partial charge >= 0.3 is 0 Å². The number of anilines is 1. The standard InChI is InChI=1S/C16H16ClN3O5S/c1-10-8-11(19-25-10)4-6-18-16(22)13-9-12(2-3-14(13)17)20-15(21)5-7-26(20,23)24/h2-3,8-9H,4-7H2,1H3,(H,18,22). The highest BCUT2D eigenvalue weighted by atomic mass is 35.5. The zero-order chi connectivity index (χ0) is 18.9. The smallest absolute Gasteiger partial charge is 0.252 e. The Morgan fingerprint density at radius 2 is 2.15 bits per heavy atom. The van der Waals surface area contributed by atoms with Gasteiger partial charge in [-0.2, -0.15) is 0 Å². The summed E-state index contributed by atoms with van der Waals surface area (Å²) in [5.74, 6) is -0.563. The summed E-state index contributed by atoms with van der Waals surface area (Å²) in [5.41, 5.74) is 0.904. The molecule has 0 unspecified atom stereocenters. The van der Waals surface area contributed by atoms with Gasteiger partial charge in [0.15, 0.2) is 0 Å². The number of nitrogens with zero attached hydrogens (tertiary/aromatic N) is 2. The van der Waals surface area contributed by atoms with Crippen LogP contribution < -0.4 is 9.62 Å². The predicted molar refractivity (Wildman–Crippen MR) is 94.6 cm³/mol. The number of nitrogens with one attached hydrogen (secondary N) is 1. The monoisotopic (exact) mass is 397 g/mol. The molecular weight excluding hydrogens is 382 g/mol. The molecular formula is C16H16ClN3O5S. The van der Waals surface area contributed by atoms with Crippen molar-refractivity contribution in [3.05, 3.63) is 46.3 Å². The van der Waals surface area contributed by atoms with E-state index < -0.39 is 21.8 Å². The summed E-state index contributed by atoms with van der Waals surface area (Å²) >= 11 is 6.06. The summed E-state index contributed by atoms with van der Waals surface area (Å²) in [6.45, 7) is 2.07. The van der Waals surface area contributed by atoms with Gasteiger partial charge in [-0.25, -0.2) is 12.7 Å². The second-order valence-electron chi connectivity index (χ2n) is 5.82. The molecule has 0 saturated carbocycles. The molecule has 1 fully saturated rings. The molecule has 0 spiro atoms. The van der Waals surface area contributed by atoms with Crippen molar-refractivity contribution in [1.29, 1.82) is 0 Å². The number of carbonyl (C=O) groups is 2. The molecule has 2 heterocycles. The Morgan fingerprint density at radius 3 is 2.77 bits per heavy atom. The summed E-state index contributed by atoms with van der Waals surface area (Å²) < 4.78 is 29.7. The third-order valence-electron chi connectivity index (χ3n) is 3.85. The third-order valence-corrected chi connectivity index (χ3v) is 5.87. The number of aromatic nitrogens is 1. The lowest BCUT2D eigenvalue weighted by molar-refractivity contribution is -0.116. The van der Waals surface area contributed by atoms with Crippen molar-refractivity contribution in [3.8, 4) is 0 Å². The van der Waals surface area contributed by atoms with Crippen molar-refractivity contribution < 1.29 is 22.5 Å². The Balaban J connectivity index is 1.75. The van der Waals surface area contributed by atoms with Crippen LogP contribution in [0.4, 0.5) is 5.69 Å². The number of halogens is 1. The van der Waals surface area contributed by atoms with E-state index in [2.05, 4.69) is 10.5 Å². The largest absolute Gasteiger partial charge is 0.361 e. The molecule has 8 nitrogen and oxygen atoms in total. The zero-order valence-electron chi connectivity index (χ0n) is 13.9. The van der Waals surface area contributed by atoms with E-state index in [0.29, 0.717) is 24.4 Å². The fourth-order valence-corrected chi connectivity index (χ4v) is 4.27. The molecule has 2 amide bonds. The van der Waals surface area contributed by atoms with Crippen LogP contribution in [0.1, 0.15) is 28.2 Å². The Morgan fingerprint density at radius 1 is 1.38 bits per heavy atom. The van der Waals surface area contributed by atoms with Crippen LogP contribution in [0, 0.1) is 6.92 Å². The van der Waals surface area contributed by atoms with Crippen LogP contribution in [0.5, 0.6) is 0 Å². The average Bonchev–Trinajstić information content (AvgIpc) is 3.11. The van der Waals surface area contributed by atoms with Crippen LogP contribution in [0.3, 0.4) is 0 Å². The average molecular weight is 398 g/mol. The lowest BCUT2D eigenvalue weighted by Gasteiger charge is -2.16. The molecule has 138 valence electrons. The van der Waals surface area contributed by atoms with Gasteiger partial charge in [-0.3, -0.25) is 9.59 Å². The summed E-state index contributed by atoms with van der Waals surface area (Å²) in [5, 5.41) is 6.68. The molecule has 3 rings (SSSR count). The number of sulfonamides is 1. The maximum atomic E-state index is 12.4. The van der Waals surface area contributed by atoms with Crippen LogP contribution in [-0.2, 0) is 21.2 Å². The molecule has 1 aromatic carbocycles. The van der Waals surface area contributed by atoms with Gasteiger partial charge in [-0.05, 0) is 25.1 Å². The van der Waals surface area contributed by atoms with Crippen LogP contribution in [-0.4, -0.2) is 37.7 Å². The second-order valence-corrected chi connectivity index (χ2v) is 8.17. The van der Waals surface area contributed by atoms with Gasteiger partial charge in [-0.15, -0.1) is 0 Å². The highest BCUT2D eigenvalue weighted by Crippen LogP contribution is 2.29. The second kappa shape index (κ2) is 7.08. The zero-order valence-corrected chi connectivity index (χ0v) is 15.4. The molecule has 0 atom stereocenters. The van der Waals surface area contributed by atoms with E-state index in [9.17, 15) is 18.0 Å². The minimum absolute atomic E-state index is 0.0798. The minimum atomic E-state index is -3.70. The molecule has 1 saturated heterocycles. The molecule has 10 heteroatoms. The van der Waals surface area contributed by atoms with Crippen LogP contribution in [0.15, 0.2) is 28.8 Å². The lowest BCUT2D eigenvalue weighted by atomic mass is 10.1. The Kier molecular flexibility index (Phi) is 5.01. The summed E-state index contributed by atoms with van der Waals surface area (Å²) in [6.07, 6.45) is 0.392. The Bertz CT molecular complexity index is 970. The number of amides is 2. The van der Waals surface area contributed by atoms with Gasteiger partial charge in [0, 0.05) is 25.5 Å². The fourth-order valence-electron chi connectivity index (χ4n) is 2.62. The SMILES string of the molecule is Cc1cc(CCNC(=O)c2cc(N3C(=O)CCS3(=O)=O)ccc2Cl)no1. The highest BCUT2D eigenvalue weighted by molar-refractivity contribution is 7.94. The Hall–Kier alpha value is -2.39. The van der Waals surface area contributed by atoms with E-state index in [1.807, 2.05) is 0 Å². The number of hydrogen-bond acceptors (Lipinski definition) is 6. The van der Waals surface area contributed by atoms with Crippen LogP contribution >= 0.6 is 11.6 Å². The molecule has 1 aliphatic heterocycles. The quantitative estimate of drug-likeness (QED) is 0.821. The molecule has 0 radical (unpaired) electrons. The molecule has 1 N–H and O–H groups in total. The van der Waals surface area contributed by atoms with Crippen molar-refractivity contribution in [2.45, 2.75) is 19.8 Å². The molecule has 26 heavy (non-hydrogen) atoms. The highest BCUT2D eigenvalue weighted by Gasteiger charge is 2.36. The van der Waals surface area contributed by atoms with E-state index >= 15 is 0 Å². The van der Waals surface area contributed by atoms with Crippen LogP contribution in [0.2, 0.25) is 5.02 Å². The normalized spacial score (nSPS) is 16.1. The van der Waals surface area contributed by atoms with Crippen molar-refractivity contribution in [2.75, 3.05) is 16.6 Å². The summed E-state index contributed by atoms with van der Waals surface area (Å²) in [7, 11) is -3.70. The first-order valence-corrected chi connectivity index (χ1v) is 9.82. The van der Waals surface area contributed by atoms with E-state index in [1.54, 1.807) is 13.0 Å². The third kappa shape index (κ3) is 3.73. The first kappa shape index (κ1) is 18.4. The molecule has 1 aliphatic rings. The number of benzene rings is 1. The molecule has 0 aliphatic carbocycles. The minimum Gasteiger partial charge on any atom is -0.361 e. The summed E-state index contributed by atoms with van der Waals surface area (Å²) in [6, 6.07) is 5.87. The van der Waals surface area contributed by atoms with Crippen molar-refractivity contribution in [3.63, 3.8) is 0 Å². The first-order valence-electron chi connectivity index (χ1n) is 7.84. The number of rotatable bonds is 5. The number of carbonyl (C=O) groups excluding carboxylic acids is 2. The predicted octanol–water partition coefficient (Wildman–Crippen LogP) is 1.68. The van der Waals surface area contributed by atoms with Crippen LogP contribution in [0.25, 0.3) is 0 Å². The summed E-state index contributed by atoms with van der Waals surface area (Å²) in [4.78, 5) is 24.3. The van der Waals surface area contributed by atoms with Gasteiger partial charge in [-0.1, -0.05) is 16.8 Å². The maximum Gasteiger partial charge on any atom is 0.252 e. The topological polar surface area (TPSA) is 110 Å². The number of aryl methyl sites for hydroxylation is 1.